The number of benzene rings is 10. The summed E-state index contributed by atoms with van der Waals surface area (Å²) in [6.07, 6.45) is 0. The van der Waals surface area contributed by atoms with Crippen molar-refractivity contribution >= 4 is 50.6 Å². The van der Waals surface area contributed by atoms with Crippen LogP contribution in [0.1, 0.15) is 11.1 Å². The number of aryl methyl sites for hydroxylation is 2. The first-order chi connectivity index (χ1) is 34.5. The second kappa shape index (κ2) is 18.0. The quantitative estimate of drug-likeness (QED) is 0.101. The molecule has 0 radical (unpaired) electrons. The van der Waals surface area contributed by atoms with Crippen LogP contribution in [0.3, 0.4) is 0 Å². The molecule has 0 atom stereocenters. The molecule has 0 unspecified atom stereocenters. The van der Waals surface area contributed by atoms with Crippen molar-refractivity contribution in [2.75, 3.05) is 0 Å². The van der Waals surface area contributed by atoms with Gasteiger partial charge in [0.15, 0.2) is 25.5 Å². The smallest absolute Gasteiger partial charge is 0.179 e. The average Bonchev–Trinajstić information content (AvgIpc) is 3.76. The van der Waals surface area contributed by atoms with Gasteiger partial charge in [0.2, 0.25) is 0 Å². The minimum atomic E-state index is -2.90. The number of aromatic nitrogens is 4. The Labute approximate surface area is 409 Å². The first-order valence-corrected chi connectivity index (χ1v) is 25.9. The average molecular weight is 913 g/mol. The predicted octanol–water partition coefficient (Wildman–Crippen LogP) is 13.3. The highest BCUT2D eigenvalue weighted by Crippen LogP contribution is 2.39. The van der Waals surface area contributed by atoms with Gasteiger partial charge in [0, 0.05) is 33.2 Å². The number of nitrogens with zero attached hydrogens (tertiary/aromatic N) is 4. The summed E-state index contributed by atoms with van der Waals surface area (Å²) in [6, 6.07) is 92.4. The maximum absolute atomic E-state index is 5.33. The van der Waals surface area contributed by atoms with Gasteiger partial charge >= 0.3 is 0 Å². The SMILES string of the molecule is Cc1cc(C)cc(-c2ccc3c4ccccc4n(-c4ccc(-c5nc(-c6ccccc6)nc(-c6ccccc6)n5)c(-c5cccc([Si](c6ccccc6)(c6ccccc6)c6ccccc6)c5)c4)c3c2)c1. The maximum atomic E-state index is 5.33. The van der Waals surface area contributed by atoms with E-state index in [1.165, 1.54) is 53.8 Å². The van der Waals surface area contributed by atoms with E-state index >= 15 is 0 Å². The summed E-state index contributed by atoms with van der Waals surface area (Å²) in [5.41, 5.74) is 13.1. The van der Waals surface area contributed by atoms with Crippen molar-refractivity contribution in [3.63, 3.8) is 0 Å². The molecule has 0 bridgehead atoms. The van der Waals surface area contributed by atoms with Crippen molar-refractivity contribution in [2.24, 2.45) is 0 Å². The van der Waals surface area contributed by atoms with Gasteiger partial charge in [-0.1, -0.05) is 236 Å². The van der Waals surface area contributed by atoms with E-state index in [2.05, 4.69) is 237 Å². The lowest BCUT2D eigenvalue weighted by molar-refractivity contribution is 1.07. The molecule has 12 aromatic rings. The molecule has 2 heterocycles. The van der Waals surface area contributed by atoms with Crippen molar-refractivity contribution in [1.29, 1.82) is 0 Å². The molecule has 0 fully saturated rings. The Morgan fingerprint density at radius 3 is 1.37 bits per heavy atom. The summed E-state index contributed by atoms with van der Waals surface area (Å²) in [5.74, 6) is 1.85. The Kier molecular flexibility index (Phi) is 11.0. The van der Waals surface area contributed by atoms with E-state index in [1.807, 2.05) is 36.4 Å². The molecule has 0 amide bonds. The molecule has 0 aliphatic rings. The molecule has 2 aromatic heterocycles. The molecule has 5 heteroatoms. The van der Waals surface area contributed by atoms with Gasteiger partial charge in [-0.25, -0.2) is 15.0 Å². The van der Waals surface area contributed by atoms with Crippen LogP contribution in [0.4, 0.5) is 0 Å². The van der Waals surface area contributed by atoms with Crippen LogP contribution in [-0.2, 0) is 0 Å². The van der Waals surface area contributed by atoms with Crippen molar-refractivity contribution in [3.05, 3.63) is 266 Å². The van der Waals surface area contributed by atoms with E-state index in [9.17, 15) is 0 Å². The maximum Gasteiger partial charge on any atom is 0.179 e. The second-order valence-corrected chi connectivity index (χ2v) is 22.0. The van der Waals surface area contributed by atoms with Crippen molar-refractivity contribution in [1.82, 2.24) is 19.5 Å². The van der Waals surface area contributed by atoms with Crippen LogP contribution >= 0.6 is 0 Å². The number of hydrogen-bond acceptors (Lipinski definition) is 3. The lowest BCUT2D eigenvalue weighted by Crippen LogP contribution is -2.74. The normalized spacial score (nSPS) is 11.6. The fourth-order valence-electron chi connectivity index (χ4n) is 10.6. The topological polar surface area (TPSA) is 43.6 Å². The van der Waals surface area contributed by atoms with Crippen LogP contribution < -0.4 is 20.7 Å². The zero-order valence-electron chi connectivity index (χ0n) is 39.0. The number of rotatable bonds is 10. The van der Waals surface area contributed by atoms with Gasteiger partial charge in [0.25, 0.3) is 0 Å². The third-order valence-corrected chi connectivity index (χ3v) is 18.4. The lowest BCUT2D eigenvalue weighted by atomic mass is 9.97. The third kappa shape index (κ3) is 7.63. The lowest BCUT2D eigenvalue weighted by Gasteiger charge is -2.34. The second-order valence-electron chi connectivity index (χ2n) is 18.2. The fourth-order valence-corrected chi connectivity index (χ4v) is 15.4. The van der Waals surface area contributed by atoms with Crippen molar-refractivity contribution in [3.8, 4) is 62.1 Å². The summed E-state index contributed by atoms with van der Waals surface area (Å²) in [4.78, 5) is 15.8. The molecule has 0 saturated heterocycles. The molecule has 332 valence electrons. The molecule has 12 rings (SSSR count). The van der Waals surface area contributed by atoms with Crippen LogP contribution in [0, 0.1) is 13.8 Å². The van der Waals surface area contributed by atoms with Gasteiger partial charge in [-0.3, -0.25) is 0 Å². The number of hydrogen-bond donors (Lipinski definition) is 0. The zero-order valence-corrected chi connectivity index (χ0v) is 40.0. The molecule has 0 aliphatic heterocycles. The van der Waals surface area contributed by atoms with Gasteiger partial charge in [-0.2, -0.15) is 0 Å². The zero-order chi connectivity index (χ0) is 47.0. The van der Waals surface area contributed by atoms with Crippen LogP contribution in [-0.4, -0.2) is 27.6 Å². The number of para-hydroxylation sites is 1. The monoisotopic (exact) mass is 912 g/mol. The van der Waals surface area contributed by atoms with E-state index in [0.29, 0.717) is 17.5 Å². The molecular formula is C65H48N4Si. The van der Waals surface area contributed by atoms with Crippen LogP contribution in [0.2, 0.25) is 0 Å². The highest BCUT2D eigenvalue weighted by molar-refractivity contribution is 7.19. The number of fused-ring (bicyclic) bond motifs is 3. The van der Waals surface area contributed by atoms with E-state index < -0.39 is 8.07 Å². The molecule has 0 aliphatic carbocycles. The van der Waals surface area contributed by atoms with Gasteiger partial charge in [-0.05, 0) is 87.2 Å². The van der Waals surface area contributed by atoms with E-state index in [1.54, 1.807) is 0 Å². The van der Waals surface area contributed by atoms with Crippen LogP contribution in [0.15, 0.2) is 255 Å². The molecular weight excluding hydrogens is 865 g/mol. The molecule has 70 heavy (non-hydrogen) atoms. The Bertz CT molecular complexity index is 3660. The fraction of sp³-hybridized carbons (Fsp3) is 0.0308. The van der Waals surface area contributed by atoms with Crippen molar-refractivity contribution < 1.29 is 0 Å². The summed E-state index contributed by atoms with van der Waals surface area (Å²) in [5, 5.41) is 7.66. The first kappa shape index (κ1) is 42.6. The minimum absolute atomic E-state index is 0.608. The highest BCUT2D eigenvalue weighted by Gasteiger charge is 2.41. The van der Waals surface area contributed by atoms with Gasteiger partial charge in [-0.15, -0.1) is 0 Å². The first-order valence-electron chi connectivity index (χ1n) is 23.9. The minimum Gasteiger partial charge on any atom is -0.309 e. The standard InChI is InChI=1S/C65H48N4Si/c1-45-39-46(2)41-51(40-45)49-35-37-58-57-33-18-19-34-61(57)69(62(58)43-49)52-36-38-59(65-67-63(47-21-8-3-9-22-47)66-64(68-65)48-23-10-4-11-24-48)60(44-52)50-25-20-32-56(42-50)70(53-26-12-5-13-27-53,54-28-14-6-15-29-54)55-30-16-7-17-31-55/h3-44H,1-2H3. The molecule has 0 saturated carbocycles. The van der Waals surface area contributed by atoms with E-state index in [4.69, 9.17) is 15.0 Å². The molecule has 4 nitrogen and oxygen atoms in total. The molecule has 0 spiro atoms. The third-order valence-electron chi connectivity index (χ3n) is 13.7. The van der Waals surface area contributed by atoms with Crippen LogP contribution in [0.25, 0.3) is 83.9 Å². The van der Waals surface area contributed by atoms with Gasteiger partial charge in [0.05, 0.1) is 11.0 Å². The summed E-state index contributed by atoms with van der Waals surface area (Å²) < 4.78 is 2.43. The Morgan fingerprint density at radius 1 is 0.300 bits per heavy atom. The van der Waals surface area contributed by atoms with Crippen molar-refractivity contribution in [2.45, 2.75) is 13.8 Å². The van der Waals surface area contributed by atoms with Crippen LogP contribution in [0.5, 0.6) is 0 Å². The van der Waals surface area contributed by atoms with Gasteiger partial charge < -0.3 is 4.57 Å². The van der Waals surface area contributed by atoms with E-state index in [-0.39, 0.29) is 0 Å². The Hall–Kier alpha value is -8.77. The Morgan fingerprint density at radius 2 is 0.786 bits per heavy atom. The predicted molar refractivity (Wildman–Crippen MR) is 294 cm³/mol. The molecule has 10 aromatic carbocycles. The summed E-state index contributed by atoms with van der Waals surface area (Å²) >= 11 is 0. The molecule has 0 N–H and O–H groups in total. The summed E-state index contributed by atoms with van der Waals surface area (Å²) in [6.45, 7) is 4.35. The van der Waals surface area contributed by atoms with Gasteiger partial charge in [0.1, 0.15) is 0 Å². The summed E-state index contributed by atoms with van der Waals surface area (Å²) in [7, 11) is -2.90. The Balaban J connectivity index is 1.15. The highest BCUT2D eigenvalue weighted by atomic mass is 28.3. The largest absolute Gasteiger partial charge is 0.309 e. The van der Waals surface area contributed by atoms with E-state index in [0.717, 1.165) is 44.5 Å².